The van der Waals surface area contributed by atoms with Crippen LogP contribution in [0.25, 0.3) is 0 Å². The fourth-order valence-corrected chi connectivity index (χ4v) is 17.8. The molecule has 6 aliphatic rings. The normalized spacial score (nSPS) is 23.3. The van der Waals surface area contributed by atoms with E-state index in [1.165, 1.54) is 24.0 Å². The molecule has 0 saturated heterocycles. The number of likely N-dealkylation sites (N-methyl/N-ethyl adjacent to an activating group) is 2. The number of carbonyl (C=O) groups excluding carboxylic acids is 4. The third-order valence-electron chi connectivity index (χ3n) is 23.3. The average molecular weight is 1540 g/mol. The van der Waals surface area contributed by atoms with Crippen molar-refractivity contribution in [1.29, 1.82) is 0 Å². The van der Waals surface area contributed by atoms with Gasteiger partial charge in [0.2, 0.25) is 12.2 Å². The van der Waals surface area contributed by atoms with Gasteiger partial charge in [-0.1, -0.05) is 212 Å². The lowest BCUT2D eigenvalue weighted by atomic mass is 9.75. The van der Waals surface area contributed by atoms with Crippen LogP contribution in [0.4, 0.5) is 11.4 Å². The summed E-state index contributed by atoms with van der Waals surface area (Å²) in [7, 11) is 3.58. The van der Waals surface area contributed by atoms with Gasteiger partial charge in [0.25, 0.3) is 11.8 Å². The first-order valence-corrected chi connectivity index (χ1v) is 40.1. The molecule has 2 fully saturated rings. The van der Waals surface area contributed by atoms with Crippen LogP contribution in [0, 0.1) is 35.5 Å². The number of carbonyl (C=O) groups is 4. The van der Waals surface area contributed by atoms with E-state index in [0.717, 1.165) is 83.0 Å². The van der Waals surface area contributed by atoms with Crippen LogP contribution in [0.3, 0.4) is 0 Å². The van der Waals surface area contributed by atoms with E-state index in [-0.39, 0.29) is 48.0 Å². The predicted molar refractivity (Wildman–Crippen MR) is 428 cm³/mol. The number of amides is 2. The van der Waals surface area contributed by atoms with Crippen LogP contribution in [0.2, 0.25) is 20.1 Å². The number of fused-ring (bicyclic) bond motifs is 4. The summed E-state index contributed by atoms with van der Waals surface area (Å²) in [6, 6.07) is 53.9. The Bertz CT molecular complexity index is 4220. The highest BCUT2D eigenvalue weighted by Gasteiger charge is 2.45. The molecule has 4 heterocycles. The van der Waals surface area contributed by atoms with Crippen LogP contribution in [0.1, 0.15) is 187 Å². The van der Waals surface area contributed by atoms with Crippen LogP contribution >= 0.6 is 46.4 Å². The summed E-state index contributed by atoms with van der Waals surface area (Å²) >= 11 is 24.4. The summed E-state index contributed by atoms with van der Waals surface area (Å²) in [5.41, 5.74) is 11.3. The highest BCUT2D eigenvalue weighted by Crippen LogP contribution is 2.48. The SMILES string of the molecule is CC[C@@H](c1ccccc1)N1Cc2cc3c(cc2C[C@H]1C(=O)OC1C[C@H](C)CC[C@H]1C(C)C)N(C)C(=O)[C@@H](c1ccc(OCc2ccc(Cl)c(Cl)c2)cc1)O3.CC[C@H](c1ccccc1)N1Cc2cc3c(cc2C[C@H]1C(=O)OC1C[C@H](C)CC[C@H]1C(C)C)N(C)C(=O)[C@@H](c1ccc(OCc2ccc(Cl)c(Cl)c2)cc1)O3. The molecule has 0 N–H and O–H groups in total. The Kier molecular flexibility index (Phi) is 24.9. The number of rotatable bonds is 20. The first-order valence-electron chi connectivity index (χ1n) is 38.6. The molecule has 14 nitrogen and oxygen atoms in total. The van der Waals surface area contributed by atoms with Gasteiger partial charge in [0, 0.05) is 50.4 Å². The molecule has 2 amide bonds. The Hall–Kier alpha value is -8.08. The van der Waals surface area contributed by atoms with Gasteiger partial charge in [0.15, 0.2) is 0 Å². The Morgan fingerprint density at radius 2 is 0.852 bits per heavy atom. The highest BCUT2D eigenvalue weighted by atomic mass is 35.5. The second-order valence-corrected chi connectivity index (χ2v) is 32.9. The van der Waals surface area contributed by atoms with E-state index in [9.17, 15) is 19.2 Å². The second-order valence-electron chi connectivity index (χ2n) is 31.2. The van der Waals surface area contributed by atoms with Crippen molar-refractivity contribution in [3.05, 3.63) is 246 Å². The van der Waals surface area contributed by atoms with Crippen molar-refractivity contribution in [2.75, 3.05) is 23.9 Å². The molecule has 0 radical (unpaired) electrons. The first kappa shape index (κ1) is 78.1. The molecular weight excluding hydrogens is 1440 g/mol. The quantitative estimate of drug-likeness (QED) is 0.0672. The van der Waals surface area contributed by atoms with Gasteiger partial charge in [-0.05, 0) is 204 Å². The number of ether oxygens (including phenoxy) is 6. The fraction of sp³-hybridized carbons (Fsp3) is 0.422. The van der Waals surface area contributed by atoms with Crippen LogP contribution in [-0.2, 0) is 67.8 Å². The highest BCUT2D eigenvalue weighted by molar-refractivity contribution is 6.42. The zero-order chi connectivity index (χ0) is 76.2. The number of hydrogen-bond donors (Lipinski definition) is 0. The molecular formula is C90H100Cl4N4O10. The third kappa shape index (κ3) is 17.4. The Morgan fingerprint density at radius 3 is 1.20 bits per heavy atom. The number of benzene rings is 8. The molecule has 2 saturated carbocycles. The lowest BCUT2D eigenvalue weighted by Gasteiger charge is -2.43. The van der Waals surface area contributed by atoms with Gasteiger partial charge in [-0.3, -0.25) is 29.0 Å². The molecule has 12 atom stereocenters. The van der Waals surface area contributed by atoms with E-state index in [4.69, 9.17) is 74.8 Å². The number of halogens is 4. The smallest absolute Gasteiger partial charge is 0.324 e. The molecule has 0 aromatic heterocycles. The number of hydrogen-bond acceptors (Lipinski definition) is 12. The zero-order valence-corrected chi connectivity index (χ0v) is 66.6. The van der Waals surface area contributed by atoms with Gasteiger partial charge < -0.3 is 38.2 Å². The predicted octanol–water partition coefficient (Wildman–Crippen LogP) is 21.1. The van der Waals surface area contributed by atoms with Gasteiger partial charge in [0.1, 0.15) is 60.5 Å². The van der Waals surface area contributed by atoms with E-state index in [0.29, 0.717) is 129 Å². The number of esters is 2. The Balaban J connectivity index is 0.000000190. The van der Waals surface area contributed by atoms with Gasteiger partial charge in [0.05, 0.1) is 31.5 Å². The van der Waals surface area contributed by atoms with Gasteiger partial charge in [-0.25, -0.2) is 0 Å². The largest absolute Gasteiger partial charge is 0.489 e. The standard InChI is InChI=1S/2C45H50Cl2N2O5/c2*1-6-38(30-10-8-7-9-11-30)49-25-33-24-42-39(22-32(33)23-40(49)45(51)54-41-20-28(4)12-18-35(41)27(2)3)48(5)44(50)43(53-42)31-14-16-34(17-15-31)52-26-29-13-19-36(46)37(47)21-29/h2*7-11,13-17,19,21-22,24,27-28,35,38,40-41,43H,6,12,18,20,23,25-26H2,1-5H3/t28-,35+,38+,40+,41?,43-;28-,35+,38-,40+,41?,43-/m11/s1. The van der Waals surface area contributed by atoms with Crippen molar-refractivity contribution in [3.8, 4) is 23.0 Å². The maximum Gasteiger partial charge on any atom is 0.324 e. The van der Waals surface area contributed by atoms with E-state index >= 15 is 0 Å². The molecule has 0 spiro atoms. The molecule has 2 aliphatic carbocycles. The monoisotopic (exact) mass is 1540 g/mol. The zero-order valence-electron chi connectivity index (χ0n) is 63.5. The molecule has 18 heteroatoms. The lowest BCUT2D eigenvalue weighted by Crippen LogP contribution is -2.50. The summed E-state index contributed by atoms with van der Waals surface area (Å²) in [6.07, 6.45) is 7.20. The number of nitrogens with zero attached hydrogens (tertiary/aromatic N) is 4. The van der Waals surface area contributed by atoms with Crippen LogP contribution < -0.4 is 28.7 Å². The molecule has 4 aliphatic heterocycles. The molecule has 8 aromatic rings. The van der Waals surface area contributed by atoms with E-state index in [1.807, 2.05) is 84.9 Å². The molecule has 0 bridgehead atoms. The van der Waals surface area contributed by atoms with E-state index in [2.05, 4.69) is 126 Å². The minimum absolute atomic E-state index is 0.0226. The van der Waals surface area contributed by atoms with Crippen molar-refractivity contribution >= 4 is 81.5 Å². The minimum Gasteiger partial charge on any atom is -0.489 e. The molecule has 8 aromatic carbocycles. The molecule has 568 valence electrons. The van der Waals surface area contributed by atoms with Crippen LogP contribution in [-0.4, -0.2) is 71.9 Å². The Morgan fingerprint density at radius 1 is 0.472 bits per heavy atom. The van der Waals surface area contributed by atoms with E-state index < -0.39 is 24.3 Å². The molecule has 108 heavy (non-hydrogen) atoms. The van der Waals surface area contributed by atoms with Gasteiger partial charge in [-0.15, -0.1) is 0 Å². The Labute approximate surface area is 657 Å². The van der Waals surface area contributed by atoms with Crippen molar-refractivity contribution in [2.45, 2.75) is 194 Å². The fourth-order valence-electron chi connectivity index (χ4n) is 17.1. The first-order chi connectivity index (χ1) is 52.0. The summed E-state index contributed by atoms with van der Waals surface area (Å²) in [5, 5.41) is 1.95. The summed E-state index contributed by atoms with van der Waals surface area (Å²) in [5.74, 6) is 4.65. The van der Waals surface area contributed by atoms with E-state index in [1.54, 1.807) is 48.2 Å². The van der Waals surface area contributed by atoms with Crippen LogP contribution in [0.5, 0.6) is 23.0 Å². The maximum atomic E-state index is 14.4. The topological polar surface area (TPSA) is 137 Å². The molecule has 14 rings (SSSR count). The van der Waals surface area contributed by atoms with Gasteiger partial charge in [-0.2, -0.15) is 0 Å². The minimum atomic E-state index is -0.813. The summed E-state index contributed by atoms with van der Waals surface area (Å²) in [4.78, 5) is 64.5. The van der Waals surface area contributed by atoms with Crippen molar-refractivity contribution in [3.63, 3.8) is 0 Å². The third-order valence-corrected chi connectivity index (χ3v) is 24.8. The average Bonchev–Trinajstić information content (AvgIpc) is 0.754. The van der Waals surface area contributed by atoms with Crippen molar-refractivity contribution in [2.24, 2.45) is 35.5 Å². The summed E-state index contributed by atoms with van der Waals surface area (Å²) < 4.78 is 38.1. The lowest BCUT2D eigenvalue weighted by molar-refractivity contribution is -0.165. The molecule has 2 unspecified atom stereocenters. The summed E-state index contributed by atoms with van der Waals surface area (Å²) in [6.45, 7) is 19.6. The van der Waals surface area contributed by atoms with Crippen molar-refractivity contribution in [1.82, 2.24) is 9.80 Å². The van der Waals surface area contributed by atoms with Crippen LogP contribution in [0.15, 0.2) is 170 Å². The van der Waals surface area contributed by atoms with Gasteiger partial charge >= 0.3 is 11.9 Å². The maximum absolute atomic E-state index is 14.4. The number of anilines is 2. The second kappa shape index (κ2) is 34.5. The van der Waals surface area contributed by atoms with Crippen molar-refractivity contribution < 1.29 is 47.6 Å².